The second-order valence-corrected chi connectivity index (χ2v) is 3.65. The summed E-state index contributed by atoms with van der Waals surface area (Å²) in [6.45, 7) is 2.24. The minimum atomic E-state index is -0.558. The Morgan fingerprint density at radius 2 is 2.26 bits per heavy atom. The highest BCUT2D eigenvalue weighted by Crippen LogP contribution is 2.22. The average Bonchev–Trinajstić information content (AvgIpc) is 2.32. The normalized spacial score (nSPS) is 10.2. The van der Waals surface area contributed by atoms with Crippen LogP contribution in [0.5, 0.6) is 11.6 Å². The third kappa shape index (κ3) is 3.21. The number of halogens is 1. The first-order chi connectivity index (χ1) is 9.08. The van der Waals surface area contributed by atoms with Gasteiger partial charge in [0.2, 0.25) is 11.8 Å². The van der Waals surface area contributed by atoms with E-state index in [2.05, 4.69) is 15.3 Å². The number of aromatic amines is 1. The number of aromatic nitrogens is 2. The highest BCUT2D eigenvalue weighted by atomic mass is 19.1. The van der Waals surface area contributed by atoms with Gasteiger partial charge in [0, 0.05) is 6.07 Å². The number of nitrogens with one attached hydrogen (secondary N) is 2. The summed E-state index contributed by atoms with van der Waals surface area (Å²) >= 11 is 0. The molecule has 100 valence electrons. The molecule has 0 saturated heterocycles. The Balaban J connectivity index is 2.25. The van der Waals surface area contributed by atoms with Crippen molar-refractivity contribution in [3.05, 3.63) is 40.4 Å². The minimum absolute atomic E-state index is 0.0481. The lowest BCUT2D eigenvalue weighted by atomic mass is 10.3. The molecular weight excluding hydrogens is 253 g/mol. The van der Waals surface area contributed by atoms with E-state index in [-0.39, 0.29) is 11.6 Å². The standard InChI is InChI=1S/C12H12FN3O3/c1-2-19-7-3-4-9(8(13)5-7)14-12-15-10(17)6-11(18)16-12/h3-6H,2H2,1H3,(H3,14,15,16,17,18). The first kappa shape index (κ1) is 12.9. The monoisotopic (exact) mass is 265 g/mol. The number of aromatic hydroxyl groups is 1. The SMILES string of the molecule is CCOc1ccc(Nc2nc(O)cc(=O)[nH]2)c(F)c1. The molecule has 6 nitrogen and oxygen atoms in total. The zero-order chi connectivity index (χ0) is 13.8. The Bertz CT molecular complexity index is 642. The van der Waals surface area contributed by atoms with Gasteiger partial charge in [0.05, 0.1) is 18.4 Å². The number of nitrogens with zero attached hydrogens (tertiary/aromatic N) is 1. The van der Waals surface area contributed by atoms with E-state index in [9.17, 15) is 14.3 Å². The zero-order valence-electron chi connectivity index (χ0n) is 10.1. The van der Waals surface area contributed by atoms with Gasteiger partial charge in [-0.1, -0.05) is 0 Å². The molecule has 1 aromatic carbocycles. The Morgan fingerprint density at radius 3 is 2.89 bits per heavy atom. The second-order valence-electron chi connectivity index (χ2n) is 3.65. The fraction of sp³-hybridized carbons (Fsp3) is 0.167. The number of hydrogen-bond acceptors (Lipinski definition) is 5. The van der Waals surface area contributed by atoms with Crippen molar-refractivity contribution in [2.24, 2.45) is 0 Å². The molecule has 0 aliphatic rings. The van der Waals surface area contributed by atoms with E-state index in [1.54, 1.807) is 13.0 Å². The summed E-state index contributed by atoms with van der Waals surface area (Å²) in [5, 5.41) is 11.7. The van der Waals surface area contributed by atoms with Crippen molar-refractivity contribution in [1.29, 1.82) is 0 Å². The number of benzene rings is 1. The van der Waals surface area contributed by atoms with Gasteiger partial charge in [0.1, 0.15) is 11.6 Å². The summed E-state index contributed by atoms with van der Waals surface area (Å²) in [5.41, 5.74) is -0.432. The van der Waals surface area contributed by atoms with Crippen molar-refractivity contribution in [1.82, 2.24) is 9.97 Å². The minimum Gasteiger partial charge on any atom is -0.494 e. The van der Waals surface area contributed by atoms with Crippen molar-refractivity contribution in [3.63, 3.8) is 0 Å². The van der Waals surface area contributed by atoms with Crippen molar-refractivity contribution in [3.8, 4) is 11.6 Å². The molecule has 2 aromatic rings. The number of anilines is 2. The highest BCUT2D eigenvalue weighted by Gasteiger charge is 2.06. The van der Waals surface area contributed by atoms with Crippen LogP contribution in [0.2, 0.25) is 0 Å². The smallest absolute Gasteiger partial charge is 0.256 e. The first-order valence-corrected chi connectivity index (χ1v) is 5.58. The molecule has 0 unspecified atom stereocenters. The van der Waals surface area contributed by atoms with Gasteiger partial charge in [-0.3, -0.25) is 9.78 Å². The molecule has 0 spiro atoms. The van der Waals surface area contributed by atoms with Crippen LogP contribution < -0.4 is 15.6 Å². The molecule has 1 aromatic heterocycles. The van der Waals surface area contributed by atoms with E-state index in [1.807, 2.05) is 0 Å². The second kappa shape index (κ2) is 5.38. The fourth-order valence-electron chi connectivity index (χ4n) is 1.49. The van der Waals surface area contributed by atoms with Gasteiger partial charge >= 0.3 is 0 Å². The Labute approximate surface area is 107 Å². The molecule has 0 aliphatic heterocycles. The van der Waals surface area contributed by atoms with Crippen LogP contribution in [0, 0.1) is 5.82 Å². The summed E-state index contributed by atoms with van der Waals surface area (Å²) in [6, 6.07) is 5.16. The molecular formula is C12H12FN3O3. The third-order valence-electron chi connectivity index (χ3n) is 2.23. The van der Waals surface area contributed by atoms with Gasteiger partial charge < -0.3 is 15.2 Å². The molecule has 0 fully saturated rings. The van der Waals surface area contributed by atoms with Crippen molar-refractivity contribution in [2.45, 2.75) is 6.92 Å². The molecule has 0 saturated carbocycles. The fourth-order valence-corrected chi connectivity index (χ4v) is 1.49. The van der Waals surface area contributed by atoms with Crippen LogP contribution in [0.25, 0.3) is 0 Å². The lowest BCUT2D eigenvalue weighted by Crippen LogP contribution is -2.09. The van der Waals surface area contributed by atoms with Crippen LogP contribution in [0.1, 0.15) is 6.92 Å². The number of H-pyrrole nitrogens is 1. The maximum Gasteiger partial charge on any atom is 0.256 e. The summed E-state index contributed by atoms with van der Waals surface area (Å²) in [7, 11) is 0. The van der Waals surface area contributed by atoms with Gasteiger partial charge in [0.15, 0.2) is 0 Å². The topological polar surface area (TPSA) is 87.2 Å². The van der Waals surface area contributed by atoms with Crippen molar-refractivity contribution >= 4 is 11.6 Å². The third-order valence-corrected chi connectivity index (χ3v) is 2.23. The Kier molecular flexibility index (Phi) is 3.65. The zero-order valence-corrected chi connectivity index (χ0v) is 10.1. The molecule has 0 amide bonds. The maximum atomic E-state index is 13.7. The van der Waals surface area contributed by atoms with Gasteiger partial charge in [-0.05, 0) is 19.1 Å². The maximum absolute atomic E-state index is 13.7. The first-order valence-electron chi connectivity index (χ1n) is 5.58. The van der Waals surface area contributed by atoms with E-state index >= 15 is 0 Å². The quantitative estimate of drug-likeness (QED) is 0.784. The van der Waals surface area contributed by atoms with Crippen molar-refractivity contribution in [2.75, 3.05) is 11.9 Å². The van der Waals surface area contributed by atoms with Gasteiger partial charge in [0.25, 0.3) is 5.56 Å². The molecule has 0 atom stereocenters. The molecule has 0 radical (unpaired) electrons. The molecule has 0 bridgehead atoms. The van der Waals surface area contributed by atoms with Crippen LogP contribution in [-0.2, 0) is 0 Å². The van der Waals surface area contributed by atoms with Crippen LogP contribution in [0.3, 0.4) is 0 Å². The summed E-state index contributed by atoms with van der Waals surface area (Å²) in [6.07, 6.45) is 0. The van der Waals surface area contributed by atoms with Crippen molar-refractivity contribution < 1.29 is 14.2 Å². The summed E-state index contributed by atoms with van der Waals surface area (Å²) < 4.78 is 18.9. The largest absolute Gasteiger partial charge is 0.494 e. The average molecular weight is 265 g/mol. The Morgan fingerprint density at radius 1 is 1.47 bits per heavy atom. The summed E-state index contributed by atoms with van der Waals surface area (Å²) in [4.78, 5) is 17.1. The lowest BCUT2D eigenvalue weighted by Gasteiger charge is -2.08. The van der Waals surface area contributed by atoms with Gasteiger partial charge in [-0.2, -0.15) is 4.98 Å². The van der Waals surface area contributed by atoms with E-state index in [0.717, 1.165) is 6.07 Å². The molecule has 7 heteroatoms. The number of rotatable bonds is 4. The van der Waals surface area contributed by atoms with Crippen LogP contribution in [0.4, 0.5) is 16.0 Å². The van der Waals surface area contributed by atoms with E-state index in [4.69, 9.17) is 4.74 Å². The Hall–Kier alpha value is -2.57. The molecule has 19 heavy (non-hydrogen) atoms. The predicted octanol–water partition coefficient (Wildman–Crippen LogP) is 1.76. The highest BCUT2D eigenvalue weighted by molar-refractivity contribution is 5.55. The predicted molar refractivity (Wildman–Crippen MR) is 67.4 cm³/mol. The van der Waals surface area contributed by atoms with E-state index in [1.165, 1.54) is 12.1 Å². The number of ether oxygens (including phenoxy) is 1. The van der Waals surface area contributed by atoms with E-state index < -0.39 is 17.3 Å². The number of hydrogen-bond donors (Lipinski definition) is 3. The lowest BCUT2D eigenvalue weighted by molar-refractivity contribution is 0.338. The molecule has 3 N–H and O–H groups in total. The van der Waals surface area contributed by atoms with Crippen LogP contribution in [-0.4, -0.2) is 21.7 Å². The molecule has 0 aliphatic carbocycles. The molecule has 2 rings (SSSR count). The summed E-state index contributed by atoms with van der Waals surface area (Å²) in [5.74, 6) is -0.648. The van der Waals surface area contributed by atoms with Crippen LogP contribution in [0.15, 0.2) is 29.1 Å². The molecule has 1 heterocycles. The van der Waals surface area contributed by atoms with Gasteiger partial charge in [-0.25, -0.2) is 4.39 Å². The van der Waals surface area contributed by atoms with Crippen LogP contribution >= 0.6 is 0 Å². The van der Waals surface area contributed by atoms with E-state index in [0.29, 0.717) is 12.4 Å². The van der Waals surface area contributed by atoms with Gasteiger partial charge in [-0.15, -0.1) is 0 Å².